The molecule has 6 heteroatoms. The highest BCUT2D eigenvalue weighted by molar-refractivity contribution is 5.72. The van der Waals surface area contributed by atoms with Crippen LogP contribution in [0.2, 0.25) is 0 Å². The predicted molar refractivity (Wildman–Crippen MR) is 66.6 cm³/mol. The summed E-state index contributed by atoms with van der Waals surface area (Å²) in [5.74, 6) is -0.610. The molecule has 108 valence electrons. The summed E-state index contributed by atoms with van der Waals surface area (Å²) in [6.07, 6.45) is -1.13. The van der Waals surface area contributed by atoms with Crippen molar-refractivity contribution in [3.05, 3.63) is 35.9 Å². The molecule has 1 fully saturated rings. The molecule has 2 rings (SSSR count). The number of rotatable bonds is 5. The van der Waals surface area contributed by atoms with E-state index in [2.05, 4.69) is 4.74 Å². The maximum absolute atomic E-state index is 13.1. The zero-order valence-corrected chi connectivity index (χ0v) is 10.8. The molecule has 0 radical (unpaired) electrons. The Hall–Kier alpha value is -2.11. The van der Waals surface area contributed by atoms with Crippen LogP contribution < -0.4 is 0 Å². The Morgan fingerprint density at radius 3 is 2.75 bits per heavy atom. The standard InChI is InChI=1S/C14H15FO5/c15-10-14(6-7-18-13(17)20-14)8-12(16)19-9-11-4-2-1-3-5-11/h1-5H,6-10H2. The van der Waals surface area contributed by atoms with E-state index in [0.717, 1.165) is 5.56 Å². The van der Waals surface area contributed by atoms with Gasteiger partial charge in [-0.2, -0.15) is 0 Å². The fraction of sp³-hybridized carbons (Fsp3) is 0.429. The van der Waals surface area contributed by atoms with Gasteiger partial charge in [-0.1, -0.05) is 30.3 Å². The van der Waals surface area contributed by atoms with Crippen molar-refractivity contribution in [2.24, 2.45) is 0 Å². The molecular weight excluding hydrogens is 267 g/mol. The van der Waals surface area contributed by atoms with Crippen LogP contribution in [-0.4, -0.2) is 31.0 Å². The van der Waals surface area contributed by atoms with Gasteiger partial charge in [0.15, 0.2) is 5.60 Å². The maximum Gasteiger partial charge on any atom is 0.508 e. The third kappa shape index (κ3) is 3.69. The van der Waals surface area contributed by atoms with E-state index in [4.69, 9.17) is 9.47 Å². The zero-order valence-electron chi connectivity index (χ0n) is 10.8. The lowest BCUT2D eigenvalue weighted by Gasteiger charge is -2.32. The molecule has 1 aromatic rings. The van der Waals surface area contributed by atoms with Gasteiger partial charge < -0.3 is 14.2 Å². The van der Waals surface area contributed by atoms with E-state index in [1.165, 1.54) is 0 Å². The first-order valence-electron chi connectivity index (χ1n) is 6.25. The molecule has 0 saturated carbocycles. The van der Waals surface area contributed by atoms with Gasteiger partial charge in [-0.3, -0.25) is 4.79 Å². The van der Waals surface area contributed by atoms with Gasteiger partial charge in [0.2, 0.25) is 0 Å². The van der Waals surface area contributed by atoms with Crippen molar-refractivity contribution in [1.82, 2.24) is 0 Å². The Balaban J connectivity index is 1.88. The Morgan fingerprint density at radius 2 is 2.10 bits per heavy atom. The molecule has 0 aromatic heterocycles. The van der Waals surface area contributed by atoms with Crippen LogP contribution in [0.15, 0.2) is 30.3 Å². The molecule has 1 heterocycles. The van der Waals surface area contributed by atoms with Gasteiger partial charge in [0.1, 0.15) is 13.3 Å². The monoisotopic (exact) mass is 282 g/mol. The van der Waals surface area contributed by atoms with E-state index < -0.39 is 24.4 Å². The molecule has 1 saturated heterocycles. The molecule has 0 spiro atoms. The fourth-order valence-corrected chi connectivity index (χ4v) is 1.90. The number of benzene rings is 1. The minimum Gasteiger partial charge on any atom is -0.461 e. The summed E-state index contributed by atoms with van der Waals surface area (Å²) in [5.41, 5.74) is -0.623. The van der Waals surface area contributed by atoms with Crippen LogP contribution >= 0.6 is 0 Å². The van der Waals surface area contributed by atoms with Gasteiger partial charge in [-0.25, -0.2) is 9.18 Å². The van der Waals surface area contributed by atoms with E-state index in [1.54, 1.807) is 0 Å². The van der Waals surface area contributed by atoms with Crippen molar-refractivity contribution in [2.45, 2.75) is 25.0 Å². The van der Waals surface area contributed by atoms with Crippen molar-refractivity contribution in [1.29, 1.82) is 0 Å². The number of carbonyl (C=O) groups is 2. The number of carbonyl (C=O) groups excluding carboxylic acids is 2. The van der Waals surface area contributed by atoms with Crippen LogP contribution in [-0.2, 0) is 25.6 Å². The van der Waals surface area contributed by atoms with Crippen molar-refractivity contribution in [3.63, 3.8) is 0 Å². The smallest absolute Gasteiger partial charge is 0.461 e. The average Bonchev–Trinajstić information content (AvgIpc) is 2.46. The predicted octanol–water partition coefficient (Wildman–Crippen LogP) is 2.39. The molecule has 1 unspecified atom stereocenters. The topological polar surface area (TPSA) is 61.8 Å². The largest absolute Gasteiger partial charge is 0.508 e. The molecule has 20 heavy (non-hydrogen) atoms. The van der Waals surface area contributed by atoms with E-state index >= 15 is 0 Å². The van der Waals surface area contributed by atoms with Crippen LogP contribution in [0.5, 0.6) is 0 Å². The summed E-state index contributed by atoms with van der Waals surface area (Å²) >= 11 is 0. The van der Waals surface area contributed by atoms with E-state index in [0.29, 0.717) is 0 Å². The van der Waals surface area contributed by atoms with Gasteiger partial charge >= 0.3 is 12.1 Å². The average molecular weight is 282 g/mol. The lowest BCUT2D eigenvalue weighted by Crippen LogP contribution is -2.45. The molecule has 5 nitrogen and oxygen atoms in total. The van der Waals surface area contributed by atoms with E-state index in [9.17, 15) is 14.0 Å². The SMILES string of the molecule is O=C(CC1(CF)CCOC(=O)O1)OCc1ccccc1. The molecule has 1 aliphatic rings. The van der Waals surface area contributed by atoms with Crippen LogP contribution in [0, 0.1) is 0 Å². The van der Waals surface area contributed by atoms with Crippen LogP contribution in [0.25, 0.3) is 0 Å². The van der Waals surface area contributed by atoms with Crippen molar-refractivity contribution in [2.75, 3.05) is 13.3 Å². The third-order valence-electron chi connectivity index (χ3n) is 3.03. The molecule has 1 aromatic carbocycles. The highest BCUT2D eigenvalue weighted by Crippen LogP contribution is 2.27. The number of hydrogen-bond donors (Lipinski definition) is 0. The Morgan fingerprint density at radius 1 is 1.35 bits per heavy atom. The third-order valence-corrected chi connectivity index (χ3v) is 3.03. The van der Waals surface area contributed by atoms with Gasteiger partial charge in [0.25, 0.3) is 0 Å². The normalized spacial score (nSPS) is 21.8. The second-order valence-corrected chi connectivity index (χ2v) is 4.59. The highest BCUT2D eigenvalue weighted by atomic mass is 19.1. The molecule has 0 N–H and O–H groups in total. The minimum absolute atomic E-state index is 0.0364. The Labute approximate surface area is 115 Å². The van der Waals surface area contributed by atoms with Crippen LogP contribution in [0.3, 0.4) is 0 Å². The van der Waals surface area contributed by atoms with Crippen molar-refractivity contribution >= 4 is 12.1 Å². The fourth-order valence-electron chi connectivity index (χ4n) is 1.90. The molecular formula is C14H15FO5. The summed E-state index contributed by atoms with van der Waals surface area (Å²) < 4.78 is 27.5. The summed E-state index contributed by atoms with van der Waals surface area (Å²) in [6, 6.07) is 9.13. The summed E-state index contributed by atoms with van der Waals surface area (Å²) in [5, 5.41) is 0. The molecule has 1 aliphatic heterocycles. The maximum atomic E-state index is 13.1. The van der Waals surface area contributed by atoms with Gasteiger partial charge in [0.05, 0.1) is 13.0 Å². The second kappa shape index (κ2) is 6.36. The molecule has 0 aliphatic carbocycles. The molecule has 0 bridgehead atoms. The van der Waals surface area contributed by atoms with E-state index in [-0.39, 0.29) is 26.1 Å². The van der Waals surface area contributed by atoms with Crippen molar-refractivity contribution < 1.29 is 28.2 Å². The van der Waals surface area contributed by atoms with Gasteiger partial charge in [0, 0.05) is 6.42 Å². The van der Waals surface area contributed by atoms with Gasteiger partial charge in [-0.05, 0) is 5.56 Å². The van der Waals surface area contributed by atoms with E-state index in [1.807, 2.05) is 30.3 Å². The summed E-state index contributed by atoms with van der Waals surface area (Å²) in [4.78, 5) is 22.8. The summed E-state index contributed by atoms with van der Waals surface area (Å²) in [6.45, 7) is -0.802. The van der Waals surface area contributed by atoms with Crippen LogP contribution in [0.4, 0.5) is 9.18 Å². The highest BCUT2D eigenvalue weighted by Gasteiger charge is 2.41. The Bertz CT molecular complexity index is 476. The number of ether oxygens (including phenoxy) is 3. The quantitative estimate of drug-likeness (QED) is 0.776. The Kier molecular flexibility index (Phi) is 4.55. The number of cyclic esters (lactones) is 2. The number of hydrogen-bond acceptors (Lipinski definition) is 5. The summed E-state index contributed by atoms with van der Waals surface area (Å²) in [7, 11) is 0. The van der Waals surface area contributed by atoms with Gasteiger partial charge in [-0.15, -0.1) is 0 Å². The lowest BCUT2D eigenvalue weighted by molar-refractivity contribution is -0.157. The molecule has 0 amide bonds. The second-order valence-electron chi connectivity index (χ2n) is 4.59. The first-order valence-corrected chi connectivity index (χ1v) is 6.25. The molecule has 1 atom stereocenters. The lowest BCUT2D eigenvalue weighted by atomic mass is 9.96. The number of halogens is 1. The minimum atomic E-state index is -1.46. The number of esters is 1. The zero-order chi connectivity index (χ0) is 14.4. The van der Waals surface area contributed by atoms with Crippen LogP contribution in [0.1, 0.15) is 18.4 Å². The van der Waals surface area contributed by atoms with Crippen molar-refractivity contribution in [3.8, 4) is 0 Å². The number of alkyl halides is 1. The first-order chi connectivity index (χ1) is 9.63. The first kappa shape index (κ1) is 14.3.